The normalized spacial score (nSPS) is 18.9. The van der Waals surface area contributed by atoms with Crippen molar-refractivity contribution in [3.8, 4) is 0 Å². The minimum absolute atomic E-state index is 0.0655. The second-order valence-corrected chi connectivity index (χ2v) is 8.06. The summed E-state index contributed by atoms with van der Waals surface area (Å²) in [6.45, 7) is 4.85. The maximum atomic E-state index is 13.1. The van der Waals surface area contributed by atoms with Gasteiger partial charge in [-0.25, -0.2) is 0 Å². The van der Waals surface area contributed by atoms with E-state index in [4.69, 9.17) is 17.0 Å². The first-order valence-electron chi connectivity index (χ1n) is 9.34. The Labute approximate surface area is 173 Å². The summed E-state index contributed by atoms with van der Waals surface area (Å²) in [6.07, 6.45) is 1.92. The Morgan fingerprint density at radius 1 is 1.11 bits per heavy atom. The van der Waals surface area contributed by atoms with Gasteiger partial charge < -0.3 is 9.64 Å². The highest BCUT2D eigenvalue weighted by molar-refractivity contribution is 8.26. The highest BCUT2D eigenvalue weighted by Crippen LogP contribution is 2.44. The minimum Gasteiger partial charge on any atom is -0.466 e. The fraction of sp³-hybridized carbons (Fsp3) is 0.400. The molecule has 6 nitrogen and oxygen atoms in total. The average Bonchev–Trinajstić information content (AvgIpc) is 3.11. The van der Waals surface area contributed by atoms with Crippen molar-refractivity contribution in [1.82, 2.24) is 4.90 Å². The molecule has 1 aromatic rings. The Morgan fingerprint density at radius 2 is 1.86 bits per heavy atom. The van der Waals surface area contributed by atoms with Gasteiger partial charge in [0.25, 0.3) is 11.8 Å². The molecule has 148 valence electrons. The van der Waals surface area contributed by atoms with Gasteiger partial charge in [0, 0.05) is 18.7 Å². The van der Waals surface area contributed by atoms with Crippen molar-refractivity contribution >= 4 is 57.3 Å². The van der Waals surface area contributed by atoms with Gasteiger partial charge in [0.15, 0.2) is 0 Å². The third kappa shape index (κ3) is 3.84. The third-order valence-corrected chi connectivity index (χ3v) is 6.03. The van der Waals surface area contributed by atoms with E-state index in [1.807, 2.05) is 24.3 Å². The molecule has 28 heavy (non-hydrogen) atoms. The highest BCUT2D eigenvalue weighted by atomic mass is 32.2. The van der Waals surface area contributed by atoms with Crippen LogP contribution in [0.2, 0.25) is 0 Å². The monoisotopic (exact) mass is 418 g/mol. The molecule has 2 heterocycles. The smallest absolute Gasteiger partial charge is 0.307 e. The number of unbranched alkanes of at least 4 members (excludes halogenated alkanes) is 1. The molecule has 0 spiro atoms. The van der Waals surface area contributed by atoms with Crippen molar-refractivity contribution in [3.05, 3.63) is 34.7 Å². The summed E-state index contributed by atoms with van der Waals surface area (Å²) in [4.78, 5) is 41.2. The fourth-order valence-corrected chi connectivity index (χ4v) is 4.60. The van der Waals surface area contributed by atoms with Crippen LogP contribution in [0.5, 0.6) is 0 Å². The summed E-state index contributed by atoms with van der Waals surface area (Å²) in [6, 6.07) is 7.51. The zero-order chi connectivity index (χ0) is 20.3. The van der Waals surface area contributed by atoms with Crippen LogP contribution in [-0.4, -0.2) is 46.7 Å². The predicted octanol–water partition coefficient (Wildman–Crippen LogP) is 3.36. The van der Waals surface area contributed by atoms with Crippen molar-refractivity contribution < 1.29 is 19.1 Å². The topological polar surface area (TPSA) is 66.9 Å². The molecular formula is C20H22N2O4S2. The maximum Gasteiger partial charge on any atom is 0.307 e. The van der Waals surface area contributed by atoms with Crippen LogP contribution >= 0.6 is 24.0 Å². The fourth-order valence-electron chi connectivity index (χ4n) is 3.22. The van der Waals surface area contributed by atoms with Crippen LogP contribution in [-0.2, 0) is 19.1 Å². The molecule has 3 rings (SSSR count). The molecule has 2 aliphatic rings. The quantitative estimate of drug-likeness (QED) is 0.384. The largest absolute Gasteiger partial charge is 0.466 e. The van der Waals surface area contributed by atoms with Crippen molar-refractivity contribution in [2.45, 2.75) is 33.1 Å². The van der Waals surface area contributed by atoms with Crippen molar-refractivity contribution in [1.29, 1.82) is 0 Å². The number of fused-ring (bicyclic) bond motifs is 1. The number of para-hydroxylation sites is 1. The van der Waals surface area contributed by atoms with Gasteiger partial charge in [-0.3, -0.25) is 19.3 Å². The van der Waals surface area contributed by atoms with E-state index >= 15 is 0 Å². The molecule has 1 saturated heterocycles. The van der Waals surface area contributed by atoms with Gasteiger partial charge in [0.05, 0.1) is 29.2 Å². The predicted molar refractivity (Wildman–Crippen MR) is 114 cm³/mol. The molecule has 2 aliphatic heterocycles. The molecule has 0 aliphatic carbocycles. The standard InChI is InChI=1S/C20H22N2O4S2/c1-3-5-11-21-14-9-7-6-8-13(14)16(18(21)24)17-19(25)22(20(27)28-17)12-10-15(23)26-4-2/h6-9H,3-5,10-12H2,1-2H3/b17-16-. The van der Waals surface area contributed by atoms with E-state index < -0.39 is 0 Å². The Kier molecular flexibility index (Phi) is 6.51. The molecule has 0 saturated carbocycles. The number of hydrogen-bond donors (Lipinski definition) is 0. The highest BCUT2D eigenvalue weighted by Gasteiger charge is 2.41. The van der Waals surface area contributed by atoms with Gasteiger partial charge in [-0.15, -0.1) is 0 Å². The number of nitrogens with zero attached hydrogens (tertiary/aromatic N) is 2. The lowest BCUT2D eigenvalue weighted by molar-refractivity contribution is -0.143. The first kappa shape index (κ1) is 20.5. The Morgan fingerprint density at radius 3 is 2.57 bits per heavy atom. The van der Waals surface area contributed by atoms with Gasteiger partial charge in [-0.1, -0.05) is 55.5 Å². The van der Waals surface area contributed by atoms with E-state index in [-0.39, 0.29) is 30.7 Å². The lowest BCUT2D eigenvalue weighted by Gasteiger charge is -2.16. The van der Waals surface area contributed by atoms with Crippen LogP contribution in [0.25, 0.3) is 5.57 Å². The number of esters is 1. The second-order valence-electron chi connectivity index (χ2n) is 6.41. The van der Waals surface area contributed by atoms with E-state index in [0.29, 0.717) is 28.0 Å². The number of carbonyl (C=O) groups excluding carboxylic acids is 3. The minimum atomic E-state index is -0.378. The Balaban J connectivity index is 1.90. The molecule has 0 N–H and O–H groups in total. The number of thiocarbonyl (C=S) groups is 1. The van der Waals surface area contributed by atoms with Crippen LogP contribution < -0.4 is 4.90 Å². The number of rotatable bonds is 7. The molecule has 1 fully saturated rings. The molecule has 2 amide bonds. The van der Waals surface area contributed by atoms with Gasteiger partial charge in [0.1, 0.15) is 4.32 Å². The maximum absolute atomic E-state index is 13.1. The third-order valence-electron chi connectivity index (χ3n) is 4.58. The molecule has 8 heteroatoms. The summed E-state index contributed by atoms with van der Waals surface area (Å²) in [5.74, 6) is -0.868. The average molecular weight is 419 g/mol. The van der Waals surface area contributed by atoms with Crippen molar-refractivity contribution in [2.75, 3.05) is 24.6 Å². The summed E-state index contributed by atoms with van der Waals surface area (Å²) in [7, 11) is 0. The first-order chi connectivity index (χ1) is 13.5. The van der Waals surface area contributed by atoms with Crippen LogP contribution in [0, 0.1) is 0 Å². The van der Waals surface area contributed by atoms with Gasteiger partial charge in [0.2, 0.25) is 0 Å². The number of carbonyl (C=O) groups is 3. The SMILES string of the molecule is CCCCN1C(=O)/C(=C2\SC(=S)N(CCC(=O)OCC)C2=O)c2ccccc21. The lowest BCUT2D eigenvalue weighted by Crippen LogP contribution is -2.31. The van der Waals surface area contributed by atoms with Gasteiger partial charge in [-0.2, -0.15) is 0 Å². The molecular weight excluding hydrogens is 396 g/mol. The van der Waals surface area contributed by atoms with E-state index in [1.165, 1.54) is 4.90 Å². The van der Waals surface area contributed by atoms with E-state index in [1.54, 1.807) is 11.8 Å². The molecule has 0 unspecified atom stereocenters. The Hall–Kier alpha value is -2.19. The Bertz CT molecular complexity index is 866. The summed E-state index contributed by atoms with van der Waals surface area (Å²) >= 11 is 6.47. The zero-order valence-electron chi connectivity index (χ0n) is 15.9. The number of ether oxygens (including phenoxy) is 1. The summed E-state index contributed by atoms with van der Waals surface area (Å²) < 4.78 is 5.27. The van der Waals surface area contributed by atoms with E-state index in [2.05, 4.69) is 6.92 Å². The van der Waals surface area contributed by atoms with Crippen LogP contribution in [0.4, 0.5) is 5.69 Å². The van der Waals surface area contributed by atoms with Crippen LogP contribution in [0.3, 0.4) is 0 Å². The summed E-state index contributed by atoms with van der Waals surface area (Å²) in [5, 5.41) is 0. The second kappa shape index (κ2) is 8.87. The summed E-state index contributed by atoms with van der Waals surface area (Å²) in [5.41, 5.74) is 1.99. The first-order valence-corrected chi connectivity index (χ1v) is 10.6. The van der Waals surface area contributed by atoms with E-state index in [0.717, 1.165) is 35.9 Å². The molecule has 0 radical (unpaired) electrons. The molecule has 0 bridgehead atoms. The van der Waals surface area contributed by atoms with Gasteiger partial charge in [-0.05, 0) is 19.4 Å². The van der Waals surface area contributed by atoms with Crippen molar-refractivity contribution in [3.63, 3.8) is 0 Å². The zero-order valence-corrected chi connectivity index (χ0v) is 17.5. The number of thioether (sulfide) groups is 1. The van der Waals surface area contributed by atoms with Crippen molar-refractivity contribution in [2.24, 2.45) is 0 Å². The van der Waals surface area contributed by atoms with Gasteiger partial charge >= 0.3 is 5.97 Å². The molecule has 0 atom stereocenters. The molecule has 1 aromatic carbocycles. The number of amides is 2. The van der Waals surface area contributed by atoms with Crippen LogP contribution in [0.1, 0.15) is 38.7 Å². The number of hydrogen-bond acceptors (Lipinski definition) is 6. The number of anilines is 1. The lowest BCUT2D eigenvalue weighted by atomic mass is 10.1. The number of benzene rings is 1. The van der Waals surface area contributed by atoms with Crippen LogP contribution in [0.15, 0.2) is 29.2 Å². The van der Waals surface area contributed by atoms with E-state index in [9.17, 15) is 14.4 Å². The molecule has 0 aromatic heterocycles.